The molecule has 1 atom stereocenters. The van der Waals surface area contributed by atoms with E-state index in [1.54, 1.807) is 0 Å². The van der Waals surface area contributed by atoms with Gasteiger partial charge in [-0.2, -0.15) is 0 Å². The fraction of sp³-hybridized carbons (Fsp3) is 0.417. The highest BCUT2D eigenvalue weighted by atomic mass is 16.1. The van der Waals surface area contributed by atoms with Crippen molar-refractivity contribution in [2.75, 3.05) is 10.6 Å². The summed E-state index contributed by atoms with van der Waals surface area (Å²) in [5, 5.41) is 6.27. The Labute approximate surface area is 89.9 Å². The van der Waals surface area contributed by atoms with Crippen LogP contribution in [0, 0.1) is 0 Å². The van der Waals surface area contributed by atoms with Crippen LogP contribution in [-0.2, 0) is 11.2 Å². The zero-order chi connectivity index (χ0) is 10.8. The summed E-state index contributed by atoms with van der Waals surface area (Å²) in [4.78, 5) is 11.0. The molecule has 2 rings (SSSR count). The summed E-state index contributed by atoms with van der Waals surface area (Å²) in [7, 11) is 0. The largest absolute Gasteiger partial charge is 0.381 e. The van der Waals surface area contributed by atoms with Crippen LogP contribution in [0.25, 0.3) is 0 Å². The lowest BCUT2D eigenvalue weighted by molar-refractivity contribution is -0.114. The molecule has 0 fully saturated rings. The van der Waals surface area contributed by atoms with Crippen LogP contribution < -0.4 is 10.6 Å². The van der Waals surface area contributed by atoms with Crippen molar-refractivity contribution in [1.82, 2.24) is 0 Å². The highest BCUT2D eigenvalue weighted by Crippen LogP contribution is 2.31. The van der Waals surface area contributed by atoms with Gasteiger partial charge in [0, 0.05) is 13.0 Å². The number of fused-ring (bicyclic) bond motifs is 1. The van der Waals surface area contributed by atoms with Crippen molar-refractivity contribution in [3.8, 4) is 0 Å². The third-order valence-corrected chi connectivity index (χ3v) is 2.70. The first kappa shape index (κ1) is 10.0. The predicted molar refractivity (Wildman–Crippen MR) is 62.2 cm³/mol. The number of carbonyl (C=O) groups is 1. The predicted octanol–water partition coefficient (Wildman–Crippen LogP) is 2.39. The molecule has 1 aromatic rings. The first-order valence-corrected chi connectivity index (χ1v) is 5.33. The average molecular weight is 204 g/mol. The Morgan fingerprint density at radius 1 is 1.53 bits per heavy atom. The fourth-order valence-electron chi connectivity index (χ4n) is 1.96. The SMILES string of the molecule is CC(=O)Nc1cccc2c1N[C@H](C)CC2. The third kappa shape index (κ3) is 2.12. The number of benzene rings is 1. The molecular formula is C12H16N2O. The number of anilines is 2. The third-order valence-electron chi connectivity index (χ3n) is 2.70. The van der Waals surface area contributed by atoms with E-state index in [4.69, 9.17) is 0 Å². The molecule has 1 amide bonds. The van der Waals surface area contributed by atoms with Gasteiger partial charge < -0.3 is 10.6 Å². The summed E-state index contributed by atoms with van der Waals surface area (Å²) in [5.41, 5.74) is 3.28. The van der Waals surface area contributed by atoms with Crippen molar-refractivity contribution in [3.63, 3.8) is 0 Å². The molecule has 0 unspecified atom stereocenters. The highest BCUT2D eigenvalue weighted by molar-refractivity contribution is 5.93. The van der Waals surface area contributed by atoms with E-state index in [0.717, 1.165) is 24.2 Å². The molecule has 1 aromatic carbocycles. The van der Waals surface area contributed by atoms with Gasteiger partial charge >= 0.3 is 0 Å². The number of aryl methyl sites for hydroxylation is 1. The molecular weight excluding hydrogens is 188 g/mol. The van der Waals surface area contributed by atoms with Crippen LogP contribution in [0.3, 0.4) is 0 Å². The molecule has 0 bridgehead atoms. The highest BCUT2D eigenvalue weighted by Gasteiger charge is 2.16. The molecule has 0 radical (unpaired) electrons. The lowest BCUT2D eigenvalue weighted by Crippen LogP contribution is -2.23. The molecule has 80 valence electrons. The summed E-state index contributed by atoms with van der Waals surface area (Å²) >= 11 is 0. The van der Waals surface area contributed by atoms with E-state index in [-0.39, 0.29) is 5.91 Å². The summed E-state index contributed by atoms with van der Waals surface area (Å²) in [6, 6.07) is 6.51. The molecule has 3 nitrogen and oxygen atoms in total. The van der Waals surface area contributed by atoms with Gasteiger partial charge in [0.15, 0.2) is 0 Å². The first-order valence-electron chi connectivity index (χ1n) is 5.33. The van der Waals surface area contributed by atoms with E-state index in [0.29, 0.717) is 6.04 Å². The Morgan fingerprint density at radius 3 is 3.07 bits per heavy atom. The molecule has 1 heterocycles. The number of hydrogen-bond acceptors (Lipinski definition) is 2. The van der Waals surface area contributed by atoms with Crippen LogP contribution in [-0.4, -0.2) is 11.9 Å². The zero-order valence-corrected chi connectivity index (χ0v) is 9.13. The summed E-state index contributed by atoms with van der Waals surface area (Å²) in [6.07, 6.45) is 2.23. The fourth-order valence-corrected chi connectivity index (χ4v) is 1.96. The number of amides is 1. The van der Waals surface area contributed by atoms with Crippen LogP contribution in [0.2, 0.25) is 0 Å². The maximum Gasteiger partial charge on any atom is 0.221 e. The van der Waals surface area contributed by atoms with Crippen molar-refractivity contribution in [3.05, 3.63) is 23.8 Å². The number of hydrogen-bond donors (Lipinski definition) is 2. The minimum absolute atomic E-state index is 0.0246. The second kappa shape index (κ2) is 3.93. The summed E-state index contributed by atoms with van der Waals surface area (Å²) < 4.78 is 0. The average Bonchev–Trinajstić information content (AvgIpc) is 2.18. The summed E-state index contributed by atoms with van der Waals surface area (Å²) in [6.45, 7) is 3.69. The molecule has 0 saturated carbocycles. The minimum atomic E-state index is -0.0246. The molecule has 1 aliphatic heterocycles. The Kier molecular flexibility index (Phi) is 2.62. The molecule has 0 saturated heterocycles. The Balaban J connectivity index is 2.35. The molecule has 0 aromatic heterocycles. The van der Waals surface area contributed by atoms with Gasteiger partial charge in [0.2, 0.25) is 5.91 Å². The second-order valence-corrected chi connectivity index (χ2v) is 4.10. The Hall–Kier alpha value is -1.51. The topological polar surface area (TPSA) is 41.1 Å². The van der Waals surface area contributed by atoms with Crippen LogP contribution >= 0.6 is 0 Å². The van der Waals surface area contributed by atoms with Crippen molar-refractivity contribution >= 4 is 17.3 Å². The Bertz CT molecular complexity index is 387. The van der Waals surface area contributed by atoms with Crippen molar-refractivity contribution < 1.29 is 4.79 Å². The standard InChI is InChI=1S/C12H16N2O/c1-8-6-7-10-4-3-5-11(12(10)13-8)14-9(2)15/h3-5,8,13H,6-7H2,1-2H3,(H,14,15)/t8-/m1/s1. The van der Waals surface area contributed by atoms with E-state index in [1.165, 1.54) is 12.5 Å². The molecule has 15 heavy (non-hydrogen) atoms. The molecule has 3 heteroatoms. The van der Waals surface area contributed by atoms with E-state index in [2.05, 4.69) is 23.6 Å². The minimum Gasteiger partial charge on any atom is -0.381 e. The molecule has 0 aliphatic carbocycles. The monoisotopic (exact) mass is 204 g/mol. The van der Waals surface area contributed by atoms with Crippen LogP contribution in [0.15, 0.2) is 18.2 Å². The van der Waals surface area contributed by atoms with Gasteiger partial charge in [-0.3, -0.25) is 4.79 Å². The number of rotatable bonds is 1. The van der Waals surface area contributed by atoms with Crippen LogP contribution in [0.5, 0.6) is 0 Å². The van der Waals surface area contributed by atoms with E-state index >= 15 is 0 Å². The van der Waals surface area contributed by atoms with E-state index in [1.807, 2.05) is 12.1 Å². The number of carbonyl (C=O) groups excluding carboxylic acids is 1. The van der Waals surface area contributed by atoms with Crippen molar-refractivity contribution in [2.24, 2.45) is 0 Å². The van der Waals surface area contributed by atoms with Crippen molar-refractivity contribution in [1.29, 1.82) is 0 Å². The normalized spacial score (nSPS) is 18.9. The van der Waals surface area contributed by atoms with Gasteiger partial charge in [0.1, 0.15) is 0 Å². The van der Waals surface area contributed by atoms with Crippen molar-refractivity contribution in [2.45, 2.75) is 32.7 Å². The van der Waals surface area contributed by atoms with Gasteiger partial charge in [-0.25, -0.2) is 0 Å². The lowest BCUT2D eigenvalue weighted by Gasteiger charge is -2.26. The lowest BCUT2D eigenvalue weighted by atomic mass is 9.98. The maximum atomic E-state index is 11.0. The van der Waals surface area contributed by atoms with Gasteiger partial charge in [0.05, 0.1) is 11.4 Å². The van der Waals surface area contributed by atoms with Gasteiger partial charge in [-0.15, -0.1) is 0 Å². The quantitative estimate of drug-likeness (QED) is 0.737. The van der Waals surface area contributed by atoms with Gasteiger partial charge in [0.25, 0.3) is 0 Å². The molecule has 2 N–H and O–H groups in total. The first-order chi connectivity index (χ1) is 7.16. The second-order valence-electron chi connectivity index (χ2n) is 4.10. The Morgan fingerprint density at radius 2 is 2.33 bits per heavy atom. The molecule has 0 spiro atoms. The van der Waals surface area contributed by atoms with E-state index in [9.17, 15) is 4.79 Å². The van der Waals surface area contributed by atoms with Gasteiger partial charge in [-0.05, 0) is 31.4 Å². The smallest absolute Gasteiger partial charge is 0.221 e. The van der Waals surface area contributed by atoms with Gasteiger partial charge in [-0.1, -0.05) is 12.1 Å². The number of para-hydroxylation sites is 1. The van der Waals surface area contributed by atoms with Crippen LogP contribution in [0.1, 0.15) is 25.8 Å². The van der Waals surface area contributed by atoms with E-state index < -0.39 is 0 Å². The van der Waals surface area contributed by atoms with Crippen LogP contribution in [0.4, 0.5) is 11.4 Å². The maximum absolute atomic E-state index is 11.0. The number of nitrogens with one attached hydrogen (secondary N) is 2. The summed E-state index contributed by atoms with van der Waals surface area (Å²) in [5.74, 6) is -0.0246. The molecule has 1 aliphatic rings. The zero-order valence-electron chi connectivity index (χ0n) is 9.13.